The van der Waals surface area contributed by atoms with Crippen molar-refractivity contribution in [3.63, 3.8) is 0 Å². The van der Waals surface area contributed by atoms with Gasteiger partial charge < -0.3 is 36.0 Å². The lowest BCUT2D eigenvalue weighted by molar-refractivity contribution is -0.286. The Hall–Kier alpha value is -0.770. The van der Waals surface area contributed by atoms with Crippen molar-refractivity contribution in [3.8, 4) is 0 Å². The van der Waals surface area contributed by atoms with E-state index in [9.17, 15) is 4.79 Å². The Labute approximate surface area is 91.9 Å². The number of carbonyl (C=O) groups excluding carboxylic acids is 1. The minimum Gasteiger partial charge on any atom is -0.394 e. The van der Waals surface area contributed by atoms with E-state index in [4.69, 9.17) is 25.5 Å². The first-order valence-electron chi connectivity index (χ1n) is 4.55. The number of hydrogen-bond donors (Lipinski definition) is 6. The summed E-state index contributed by atoms with van der Waals surface area (Å²) in [6.07, 6.45) is -7.04. The molecule has 0 aromatic carbocycles. The first-order chi connectivity index (χ1) is 7.31. The summed E-state index contributed by atoms with van der Waals surface area (Å²) in [4.78, 5) is 9.22. The molecule has 96 valence electrons. The molecule has 0 aliphatic carbocycles. The third-order valence-electron chi connectivity index (χ3n) is 1.87. The van der Waals surface area contributed by atoms with Crippen molar-refractivity contribution in [2.75, 3.05) is 6.61 Å². The lowest BCUT2D eigenvalue weighted by atomic mass is 10.00. The van der Waals surface area contributed by atoms with Crippen molar-refractivity contribution in [1.82, 2.24) is 0 Å². The second kappa shape index (κ2) is 6.74. The van der Waals surface area contributed by atoms with Crippen LogP contribution in [0.1, 0.15) is 6.92 Å². The van der Waals surface area contributed by atoms with E-state index in [2.05, 4.69) is 10.5 Å². The van der Waals surface area contributed by atoms with Crippen molar-refractivity contribution in [2.24, 2.45) is 5.73 Å². The number of ether oxygens (including phenoxy) is 1. The van der Waals surface area contributed by atoms with Crippen LogP contribution in [0.2, 0.25) is 0 Å². The summed E-state index contributed by atoms with van der Waals surface area (Å²) >= 11 is 0. The average molecular weight is 239 g/mol. The van der Waals surface area contributed by atoms with E-state index in [1.807, 2.05) is 0 Å². The Bertz CT molecular complexity index is 216. The number of nitrogens with two attached hydrogens (primary N) is 1. The van der Waals surface area contributed by atoms with E-state index in [1.54, 1.807) is 0 Å². The maximum absolute atomic E-state index is 9.22. The molecule has 0 saturated carbocycles. The van der Waals surface area contributed by atoms with E-state index in [-0.39, 0.29) is 5.91 Å². The molecule has 1 saturated heterocycles. The topological polar surface area (TPSA) is 153 Å². The van der Waals surface area contributed by atoms with Gasteiger partial charge in [-0.2, -0.15) is 0 Å². The molecule has 1 aliphatic rings. The molecule has 0 radical (unpaired) electrons. The van der Waals surface area contributed by atoms with Crippen LogP contribution in [0.5, 0.6) is 0 Å². The maximum atomic E-state index is 9.22. The van der Waals surface area contributed by atoms with Gasteiger partial charge >= 0.3 is 0 Å². The van der Waals surface area contributed by atoms with Crippen molar-refractivity contribution in [2.45, 2.75) is 37.6 Å². The number of rotatable bonds is 1. The van der Waals surface area contributed by atoms with Crippen LogP contribution in [0.25, 0.3) is 0 Å². The van der Waals surface area contributed by atoms with Gasteiger partial charge in [-0.25, -0.2) is 0 Å². The third kappa shape index (κ3) is 4.39. The van der Waals surface area contributed by atoms with Gasteiger partial charge in [0.25, 0.3) is 0 Å². The standard InChI is InChI=1S/C6H12O6.C2H5NO/c7-1-2-3(8)4(9)5(10)6(11)12-2;1-2(3)4/h2-11H,1H2;1H3,(H2,3,4)/t2-,3-,4+,5-,6?;/m1./s1. The summed E-state index contributed by atoms with van der Waals surface area (Å²) in [5.41, 5.74) is 4.47. The molecule has 0 aromatic heterocycles. The molecule has 0 aromatic rings. The maximum Gasteiger partial charge on any atom is 0.214 e. The molecular weight excluding hydrogens is 222 g/mol. The first kappa shape index (κ1) is 15.2. The summed E-state index contributed by atoms with van der Waals surface area (Å²) in [7, 11) is 0. The molecule has 1 rings (SSSR count). The predicted molar refractivity (Wildman–Crippen MR) is 50.9 cm³/mol. The molecule has 16 heavy (non-hydrogen) atoms. The zero-order chi connectivity index (χ0) is 12.9. The van der Waals surface area contributed by atoms with E-state index < -0.39 is 37.3 Å². The number of aliphatic hydroxyl groups is 5. The number of primary amides is 1. The Morgan fingerprint density at radius 1 is 1.19 bits per heavy atom. The van der Waals surface area contributed by atoms with Crippen LogP contribution in [0, 0.1) is 0 Å². The molecule has 1 unspecified atom stereocenters. The number of hydrogen-bond acceptors (Lipinski definition) is 7. The molecular formula is C8H17NO7. The smallest absolute Gasteiger partial charge is 0.214 e. The summed E-state index contributed by atoms with van der Waals surface area (Å²) in [5, 5.41) is 44.7. The molecule has 8 nitrogen and oxygen atoms in total. The molecule has 5 atom stereocenters. The Morgan fingerprint density at radius 3 is 2.00 bits per heavy atom. The molecule has 1 fully saturated rings. The number of carbonyl (C=O) groups is 1. The molecule has 0 bridgehead atoms. The minimum atomic E-state index is -1.57. The highest BCUT2D eigenvalue weighted by Crippen LogP contribution is 2.18. The lowest BCUT2D eigenvalue weighted by Crippen LogP contribution is -2.58. The zero-order valence-electron chi connectivity index (χ0n) is 8.72. The van der Waals surface area contributed by atoms with Gasteiger partial charge in [-0.05, 0) is 0 Å². The average Bonchev–Trinajstić information content (AvgIpc) is 2.19. The Kier molecular flexibility index (Phi) is 6.41. The van der Waals surface area contributed by atoms with Crippen LogP contribution in [-0.2, 0) is 9.53 Å². The van der Waals surface area contributed by atoms with Crippen molar-refractivity contribution in [1.29, 1.82) is 0 Å². The van der Waals surface area contributed by atoms with Gasteiger partial charge in [-0.15, -0.1) is 0 Å². The Balaban J connectivity index is 0.000000487. The predicted octanol–water partition coefficient (Wildman–Crippen LogP) is -3.73. The van der Waals surface area contributed by atoms with Gasteiger partial charge in [0.15, 0.2) is 6.29 Å². The van der Waals surface area contributed by atoms with E-state index in [0.29, 0.717) is 0 Å². The van der Waals surface area contributed by atoms with Gasteiger partial charge in [0.2, 0.25) is 5.91 Å². The van der Waals surface area contributed by atoms with E-state index in [0.717, 1.165) is 0 Å². The summed E-state index contributed by atoms with van der Waals surface area (Å²) in [5.74, 6) is -0.333. The van der Waals surface area contributed by atoms with Crippen LogP contribution >= 0.6 is 0 Å². The normalized spacial score (nSPS) is 38.5. The highest BCUT2D eigenvalue weighted by atomic mass is 16.6. The van der Waals surface area contributed by atoms with Crippen molar-refractivity contribution in [3.05, 3.63) is 0 Å². The van der Waals surface area contributed by atoms with E-state index >= 15 is 0 Å². The largest absolute Gasteiger partial charge is 0.394 e. The molecule has 8 heteroatoms. The minimum absolute atomic E-state index is 0.333. The second-order valence-corrected chi connectivity index (χ2v) is 3.33. The van der Waals surface area contributed by atoms with Crippen molar-refractivity contribution >= 4 is 5.91 Å². The molecule has 1 amide bonds. The monoisotopic (exact) mass is 239 g/mol. The fourth-order valence-electron chi connectivity index (χ4n) is 1.08. The van der Waals surface area contributed by atoms with Gasteiger partial charge in [-0.1, -0.05) is 0 Å². The van der Waals surface area contributed by atoms with Gasteiger partial charge in [0, 0.05) is 6.92 Å². The van der Waals surface area contributed by atoms with Crippen molar-refractivity contribution < 1.29 is 35.1 Å². The lowest BCUT2D eigenvalue weighted by Gasteiger charge is -2.37. The van der Waals surface area contributed by atoms with Gasteiger partial charge in [-0.3, -0.25) is 4.79 Å². The second-order valence-electron chi connectivity index (χ2n) is 3.33. The molecule has 1 aliphatic heterocycles. The fourth-order valence-corrected chi connectivity index (χ4v) is 1.08. The first-order valence-corrected chi connectivity index (χ1v) is 4.55. The third-order valence-corrected chi connectivity index (χ3v) is 1.87. The zero-order valence-corrected chi connectivity index (χ0v) is 8.72. The summed E-state index contributed by atoms with van der Waals surface area (Å²) < 4.78 is 4.58. The van der Waals surface area contributed by atoms with Gasteiger partial charge in [0.1, 0.15) is 24.4 Å². The van der Waals surface area contributed by atoms with Crippen LogP contribution < -0.4 is 5.73 Å². The van der Waals surface area contributed by atoms with Crippen LogP contribution in [0.15, 0.2) is 0 Å². The van der Waals surface area contributed by atoms with Crippen LogP contribution in [0.4, 0.5) is 0 Å². The summed E-state index contributed by atoms with van der Waals surface area (Å²) in [6, 6.07) is 0. The number of aliphatic hydroxyl groups excluding tert-OH is 5. The molecule has 1 heterocycles. The SMILES string of the molecule is CC(N)=O.OC[C@H]1OC(O)[C@H](O)[C@@H](O)[C@@H]1O. The van der Waals surface area contributed by atoms with Crippen LogP contribution in [0.3, 0.4) is 0 Å². The van der Waals surface area contributed by atoms with Gasteiger partial charge in [0.05, 0.1) is 6.61 Å². The number of amides is 1. The quantitative estimate of drug-likeness (QED) is 0.275. The Morgan fingerprint density at radius 2 is 1.62 bits per heavy atom. The summed E-state index contributed by atoms with van der Waals surface area (Å²) in [6.45, 7) is 0.780. The van der Waals surface area contributed by atoms with E-state index in [1.165, 1.54) is 6.92 Å². The highest BCUT2D eigenvalue weighted by Gasteiger charge is 2.42. The van der Waals surface area contributed by atoms with Crippen LogP contribution in [-0.4, -0.2) is 68.8 Å². The highest BCUT2D eigenvalue weighted by molar-refractivity contribution is 5.70. The molecule has 7 N–H and O–H groups in total. The fraction of sp³-hybridized carbons (Fsp3) is 0.875. The molecule has 0 spiro atoms.